The Bertz CT molecular complexity index is 230. The quantitative estimate of drug-likeness (QED) is 0.586. The summed E-state index contributed by atoms with van der Waals surface area (Å²) < 4.78 is 5.95. The molecule has 0 heterocycles. The number of hydrogen-bond donors (Lipinski definition) is 2. The maximum Gasteiger partial charge on any atom is 0.0847 e. The van der Waals surface area contributed by atoms with Crippen molar-refractivity contribution >= 4 is 0 Å². The number of hydrazine groups is 1. The third kappa shape index (κ3) is 2.67. The summed E-state index contributed by atoms with van der Waals surface area (Å²) in [5.74, 6) is 7.41. The topological polar surface area (TPSA) is 47.3 Å². The zero-order chi connectivity index (χ0) is 12.3. The van der Waals surface area contributed by atoms with Crippen molar-refractivity contribution < 1.29 is 4.74 Å². The van der Waals surface area contributed by atoms with Crippen molar-refractivity contribution in [3.63, 3.8) is 0 Å². The fourth-order valence-corrected chi connectivity index (χ4v) is 3.90. The molecule has 0 saturated heterocycles. The molecule has 2 aliphatic carbocycles. The lowest BCUT2D eigenvalue weighted by molar-refractivity contribution is -0.0878. The van der Waals surface area contributed by atoms with Crippen LogP contribution in [0.1, 0.15) is 58.3 Å². The van der Waals surface area contributed by atoms with Crippen LogP contribution in [-0.2, 0) is 4.74 Å². The summed E-state index contributed by atoms with van der Waals surface area (Å²) in [6.45, 7) is 2.35. The molecule has 2 saturated carbocycles. The molecule has 0 aromatic heterocycles. The zero-order valence-electron chi connectivity index (χ0n) is 11.4. The Morgan fingerprint density at radius 3 is 2.24 bits per heavy atom. The molecule has 2 fully saturated rings. The van der Waals surface area contributed by atoms with Gasteiger partial charge in [0.15, 0.2) is 0 Å². The fourth-order valence-electron chi connectivity index (χ4n) is 3.90. The molecule has 100 valence electrons. The Balaban J connectivity index is 2.08. The number of hydrogen-bond acceptors (Lipinski definition) is 3. The van der Waals surface area contributed by atoms with E-state index in [2.05, 4.69) is 12.3 Å². The SMILES string of the molecule is COC1(C(NN)C2CCCC2)CCC(C)CC1. The first-order valence-electron chi connectivity index (χ1n) is 7.23. The second-order valence-corrected chi connectivity index (χ2v) is 6.14. The highest BCUT2D eigenvalue weighted by Crippen LogP contribution is 2.42. The number of ether oxygens (including phenoxy) is 1. The van der Waals surface area contributed by atoms with E-state index in [4.69, 9.17) is 10.6 Å². The fraction of sp³-hybridized carbons (Fsp3) is 1.00. The van der Waals surface area contributed by atoms with E-state index >= 15 is 0 Å². The predicted octanol–water partition coefficient (Wildman–Crippen LogP) is 2.60. The molecule has 0 spiro atoms. The molecule has 0 amide bonds. The molecule has 3 N–H and O–H groups in total. The molecule has 17 heavy (non-hydrogen) atoms. The Hall–Kier alpha value is -0.120. The van der Waals surface area contributed by atoms with Crippen molar-refractivity contribution in [1.82, 2.24) is 5.43 Å². The average Bonchev–Trinajstić information content (AvgIpc) is 2.86. The van der Waals surface area contributed by atoms with Crippen LogP contribution in [0.2, 0.25) is 0 Å². The summed E-state index contributed by atoms with van der Waals surface area (Å²) in [6.07, 6.45) is 10.2. The number of methoxy groups -OCH3 is 1. The van der Waals surface area contributed by atoms with E-state index in [9.17, 15) is 0 Å². The third-order valence-corrected chi connectivity index (χ3v) is 5.14. The molecule has 0 radical (unpaired) electrons. The molecular weight excluding hydrogens is 212 g/mol. The van der Waals surface area contributed by atoms with Gasteiger partial charge >= 0.3 is 0 Å². The second kappa shape index (κ2) is 5.68. The van der Waals surface area contributed by atoms with Gasteiger partial charge in [0.25, 0.3) is 0 Å². The van der Waals surface area contributed by atoms with Crippen LogP contribution in [0.25, 0.3) is 0 Å². The van der Waals surface area contributed by atoms with Crippen molar-refractivity contribution in [2.75, 3.05) is 7.11 Å². The summed E-state index contributed by atoms with van der Waals surface area (Å²) in [7, 11) is 1.87. The van der Waals surface area contributed by atoms with Gasteiger partial charge in [0, 0.05) is 7.11 Å². The van der Waals surface area contributed by atoms with E-state index < -0.39 is 0 Å². The van der Waals surface area contributed by atoms with Crippen molar-refractivity contribution in [2.45, 2.75) is 69.9 Å². The van der Waals surface area contributed by atoms with Gasteiger partial charge in [0.2, 0.25) is 0 Å². The van der Waals surface area contributed by atoms with Crippen LogP contribution in [0.5, 0.6) is 0 Å². The Morgan fingerprint density at radius 2 is 1.76 bits per heavy atom. The van der Waals surface area contributed by atoms with Crippen LogP contribution in [0.4, 0.5) is 0 Å². The van der Waals surface area contributed by atoms with Crippen LogP contribution in [0.15, 0.2) is 0 Å². The molecule has 0 aromatic rings. The standard InChI is InChI=1S/C14H28N2O/c1-11-7-9-14(17-2,10-8-11)13(16-15)12-5-3-4-6-12/h11-13,16H,3-10,15H2,1-2H3. The first-order valence-corrected chi connectivity index (χ1v) is 7.23. The second-order valence-electron chi connectivity index (χ2n) is 6.14. The highest BCUT2D eigenvalue weighted by molar-refractivity contribution is 4.99. The third-order valence-electron chi connectivity index (χ3n) is 5.14. The van der Waals surface area contributed by atoms with Crippen LogP contribution in [-0.4, -0.2) is 18.8 Å². The van der Waals surface area contributed by atoms with Crippen molar-refractivity contribution in [3.05, 3.63) is 0 Å². The van der Waals surface area contributed by atoms with Crippen LogP contribution < -0.4 is 11.3 Å². The minimum atomic E-state index is -0.00370. The Morgan fingerprint density at radius 1 is 1.18 bits per heavy atom. The zero-order valence-corrected chi connectivity index (χ0v) is 11.4. The van der Waals surface area contributed by atoms with Crippen LogP contribution >= 0.6 is 0 Å². The number of rotatable bonds is 4. The van der Waals surface area contributed by atoms with E-state index in [0.717, 1.165) is 18.8 Å². The van der Waals surface area contributed by atoms with Crippen LogP contribution in [0.3, 0.4) is 0 Å². The largest absolute Gasteiger partial charge is 0.377 e. The summed E-state index contributed by atoms with van der Waals surface area (Å²) in [5, 5.41) is 0. The number of nitrogens with two attached hydrogens (primary N) is 1. The summed E-state index contributed by atoms with van der Waals surface area (Å²) in [6, 6.07) is 0.350. The van der Waals surface area contributed by atoms with Gasteiger partial charge in [0.1, 0.15) is 0 Å². The Labute approximate surface area is 105 Å². The molecule has 2 aliphatic rings. The van der Waals surface area contributed by atoms with E-state index in [1.54, 1.807) is 0 Å². The minimum Gasteiger partial charge on any atom is -0.377 e. The molecule has 3 nitrogen and oxygen atoms in total. The number of nitrogens with one attached hydrogen (secondary N) is 1. The minimum absolute atomic E-state index is 0.00370. The van der Waals surface area contributed by atoms with Gasteiger partial charge in [-0.05, 0) is 50.4 Å². The lowest BCUT2D eigenvalue weighted by Crippen LogP contribution is -2.59. The highest BCUT2D eigenvalue weighted by Gasteiger charge is 2.45. The molecular formula is C14H28N2O. The average molecular weight is 240 g/mol. The van der Waals surface area contributed by atoms with Gasteiger partial charge in [-0.15, -0.1) is 0 Å². The summed E-state index contributed by atoms with van der Waals surface area (Å²) >= 11 is 0. The van der Waals surface area contributed by atoms with Gasteiger partial charge in [0.05, 0.1) is 11.6 Å². The van der Waals surface area contributed by atoms with E-state index in [-0.39, 0.29) is 5.60 Å². The van der Waals surface area contributed by atoms with Gasteiger partial charge in [-0.2, -0.15) is 0 Å². The lowest BCUT2D eigenvalue weighted by atomic mass is 9.71. The maximum atomic E-state index is 5.95. The molecule has 0 bridgehead atoms. The van der Waals surface area contributed by atoms with Crippen molar-refractivity contribution in [2.24, 2.45) is 17.7 Å². The maximum absolute atomic E-state index is 5.95. The van der Waals surface area contributed by atoms with Crippen molar-refractivity contribution in [1.29, 1.82) is 0 Å². The predicted molar refractivity (Wildman–Crippen MR) is 70.4 cm³/mol. The van der Waals surface area contributed by atoms with Gasteiger partial charge in [-0.1, -0.05) is 19.8 Å². The first-order chi connectivity index (χ1) is 8.22. The Kier molecular flexibility index (Phi) is 4.45. The van der Waals surface area contributed by atoms with Crippen molar-refractivity contribution in [3.8, 4) is 0 Å². The normalized spacial score (nSPS) is 37.2. The molecule has 0 aromatic carbocycles. The summed E-state index contributed by atoms with van der Waals surface area (Å²) in [4.78, 5) is 0. The first kappa shape index (κ1) is 13.3. The van der Waals surface area contributed by atoms with Gasteiger partial charge in [-0.25, -0.2) is 0 Å². The molecule has 2 rings (SSSR count). The van der Waals surface area contributed by atoms with E-state index in [1.165, 1.54) is 38.5 Å². The monoisotopic (exact) mass is 240 g/mol. The van der Waals surface area contributed by atoms with E-state index in [1.807, 2.05) is 7.11 Å². The molecule has 3 heteroatoms. The molecule has 1 unspecified atom stereocenters. The lowest BCUT2D eigenvalue weighted by Gasteiger charge is -2.46. The smallest absolute Gasteiger partial charge is 0.0847 e. The van der Waals surface area contributed by atoms with Crippen LogP contribution in [0, 0.1) is 11.8 Å². The molecule has 0 aliphatic heterocycles. The summed E-state index contributed by atoms with van der Waals surface area (Å²) in [5.41, 5.74) is 3.09. The van der Waals surface area contributed by atoms with Gasteiger partial charge in [-0.3, -0.25) is 11.3 Å². The molecule has 1 atom stereocenters. The van der Waals surface area contributed by atoms with E-state index in [0.29, 0.717) is 12.0 Å². The van der Waals surface area contributed by atoms with Gasteiger partial charge < -0.3 is 4.74 Å². The highest BCUT2D eigenvalue weighted by atomic mass is 16.5.